The van der Waals surface area contributed by atoms with E-state index in [4.69, 9.17) is 16.3 Å². The molecule has 5 heteroatoms. The molecule has 0 spiro atoms. The fraction of sp³-hybridized carbons (Fsp3) is 0.400. The minimum atomic E-state index is 0.259. The van der Waals surface area contributed by atoms with Gasteiger partial charge in [-0.1, -0.05) is 35.5 Å². The summed E-state index contributed by atoms with van der Waals surface area (Å²) in [5.41, 5.74) is 2.64. The topological polar surface area (TPSA) is 39.2 Å². The predicted molar refractivity (Wildman–Crippen MR) is 103 cm³/mol. The predicted octanol–water partition coefficient (Wildman–Crippen LogP) is 4.99. The van der Waals surface area contributed by atoms with Gasteiger partial charge in [-0.2, -0.15) is 0 Å². The lowest BCUT2D eigenvalue weighted by Gasteiger charge is -2.16. The first-order chi connectivity index (χ1) is 12.2. The van der Waals surface area contributed by atoms with Crippen molar-refractivity contribution >= 4 is 29.1 Å². The highest BCUT2D eigenvalue weighted by Crippen LogP contribution is 2.33. The highest BCUT2D eigenvalue weighted by atomic mass is 35.5. The third-order valence-electron chi connectivity index (χ3n) is 4.61. The van der Waals surface area contributed by atoms with Crippen molar-refractivity contribution in [3.05, 3.63) is 52.7 Å². The number of halogens is 1. The van der Waals surface area contributed by atoms with Crippen LogP contribution in [0, 0.1) is 5.92 Å². The number of pyridine rings is 1. The monoisotopic (exact) mass is 375 g/mol. The first-order valence-corrected chi connectivity index (χ1v) is 9.93. The smallest absolute Gasteiger partial charge is 0.143 e. The van der Waals surface area contributed by atoms with Crippen LogP contribution in [0.4, 0.5) is 0 Å². The van der Waals surface area contributed by atoms with Crippen molar-refractivity contribution in [1.29, 1.82) is 0 Å². The highest BCUT2D eigenvalue weighted by Gasteiger charge is 2.22. The number of hydrogen-bond donors (Lipinski definition) is 0. The van der Waals surface area contributed by atoms with E-state index in [0.29, 0.717) is 23.1 Å². The van der Waals surface area contributed by atoms with Crippen LogP contribution in [-0.2, 0) is 17.6 Å². The van der Waals surface area contributed by atoms with Crippen LogP contribution in [0.25, 0.3) is 0 Å². The van der Waals surface area contributed by atoms with Gasteiger partial charge in [0.25, 0.3) is 0 Å². The minimum Gasteiger partial charge on any atom is -0.496 e. The number of ketones is 1. The van der Waals surface area contributed by atoms with Gasteiger partial charge < -0.3 is 4.74 Å². The van der Waals surface area contributed by atoms with Crippen LogP contribution in [0.2, 0.25) is 5.02 Å². The Bertz CT molecular complexity index is 750. The summed E-state index contributed by atoms with van der Waals surface area (Å²) in [5.74, 6) is 2.01. The van der Waals surface area contributed by atoms with Crippen molar-refractivity contribution in [3.8, 4) is 5.75 Å². The molecule has 0 saturated heterocycles. The maximum Gasteiger partial charge on any atom is 0.143 e. The molecule has 0 radical (unpaired) electrons. The third kappa shape index (κ3) is 4.77. The Hall–Kier alpha value is -1.52. The molecular weight excluding hydrogens is 354 g/mol. The summed E-state index contributed by atoms with van der Waals surface area (Å²) < 4.78 is 5.53. The van der Waals surface area contributed by atoms with E-state index >= 15 is 0 Å². The van der Waals surface area contributed by atoms with Gasteiger partial charge in [0.1, 0.15) is 16.6 Å². The Morgan fingerprint density at radius 3 is 3.04 bits per heavy atom. The quantitative estimate of drug-likeness (QED) is 0.526. The maximum atomic E-state index is 12.5. The summed E-state index contributed by atoms with van der Waals surface area (Å²) >= 11 is 7.53. The van der Waals surface area contributed by atoms with Gasteiger partial charge in [-0.3, -0.25) is 4.79 Å². The van der Waals surface area contributed by atoms with Gasteiger partial charge in [-0.05, 0) is 60.9 Å². The van der Waals surface area contributed by atoms with E-state index in [2.05, 4.69) is 17.1 Å². The number of ether oxygens (including phenoxy) is 1. The Morgan fingerprint density at radius 2 is 2.24 bits per heavy atom. The van der Waals surface area contributed by atoms with Crippen LogP contribution in [-0.4, -0.2) is 23.6 Å². The number of methoxy groups -OCH3 is 1. The molecule has 1 aliphatic rings. The molecule has 0 amide bonds. The lowest BCUT2D eigenvalue weighted by molar-refractivity contribution is -0.117. The fourth-order valence-electron chi connectivity index (χ4n) is 3.42. The van der Waals surface area contributed by atoms with E-state index in [1.54, 1.807) is 25.4 Å². The van der Waals surface area contributed by atoms with Crippen molar-refractivity contribution < 1.29 is 9.53 Å². The molecule has 3 rings (SSSR count). The molecule has 0 aliphatic heterocycles. The summed E-state index contributed by atoms with van der Waals surface area (Å²) in [6.07, 6.45) is 6.49. The maximum absolute atomic E-state index is 12.5. The normalized spacial score (nSPS) is 16.8. The van der Waals surface area contributed by atoms with E-state index in [0.717, 1.165) is 36.5 Å². The molecule has 1 unspecified atom stereocenters. The number of aryl methyl sites for hydroxylation is 1. The zero-order chi connectivity index (χ0) is 17.6. The van der Waals surface area contributed by atoms with Gasteiger partial charge >= 0.3 is 0 Å². The number of thioether (sulfide) groups is 1. The minimum absolute atomic E-state index is 0.259. The van der Waals surface area contributed by atoms with Gasteiger partial charge in [-0.25, -0.2) is 4.98 Å². The summed E-state index contributed by atoms with van der Waals surface area (Å²) in [6.45, 7) is 0. The van der Waals surface area contributed by atoms with E-state index in [9.17, 15) is 4.79 Å². The van der Waals surface area contributed by atoms with Crippen LogP contribution in [0.3, 0.4) is 0 Å². The number of carbonyl (C=O) groups excluding carboxylic acids is 1. The molecule has 1 aromatic carbocycles. The number of rotatable bonds is 6. The number of fused-ring (bicyclic) bond motifs is 1. The SMILES string of the molecule is COc1cccc2c1CC(CC(=O)CSc1ncccc1Cl)CCC2. The number of benzene rings is 1. The summed E-state index contributed by atoms with van der Waals surface area (Å²) in [5, 5.41) is 1.33. The van der Waals surface area contributed by atoms with Gasteiger partial charge in [0.15, 0.2) is 0 Å². The standard InChI is InChI=1S/C20H22ClNO2S/c1-24-19-9-3-7-15-6-2-5-14(12-17(15)19)11-16(23)13-25-20-18(21)8-4-10-22-20/h3-4,7-10,14H,2,5-6,11-13H2,1H3. The summed E-state index contributed by atoms with van der Waals surface area (Å²) in [6, 6.07) is 9.85. The molecule has 0 fully saturated rings. The molecule has 1 atom stereocenters. The third-order valence-corrected chi connectivity index (χ3v) is 6.09. The molecule has 0 bridgehead atoms. The molecule has 0 N–H and O–H groups in total. The van der Waals surface area contributed by atoms with Crippen molar-refractivity contribution in [3.63, 3.8) is 0 Å². The average molecular weight is 376 g/mol. The Morgan fingerprint density at radius 1 is 1.36 bits per heavy atom. The molecule has 1 aromatic heterocycles. The first kappa shape index (κ1) is 18.3. The van der Waals surface area contributed by atoms with E-state index in [1.807, 2.05) is 6.07 Å². The molecule has 0 saturated carbocycles. The second-order valence-electron chi connectivity index (χ2n) is 6.38. The molecule has 25 heavy (non-hydrogen) atoms. The molecular formula is C20H22ClNO2S. The Balaban J connectivity index is 1.60. The average Bonchev–Trinajstić information content (AvgIpc) is 2.82. The molecule has 1 heterocycles. The Labute approximate surface area is 158 Å². The zero-order valence-corrected chi connectivity index (χ0v) is 15.9. The summed E-state index contributed by atoms with van der Waals surface area (Å²) in [7, 11) is 1.72. The number of carbonyl (C=O) groups is 1. The van der Waals surface area contributed by atoms with Crippen LogP contribution in [0.15, 0.2) is 41.6 Å². The van der Waals surface area contributed by atoms with Crippen LogP contribution in [0.5, 0.6) is 5.75 Å². The van der Waals surface area contributed by atoms with Crippen molar-refractivity contribution in [2.24, 2.45) is 5.92 Å². The molecule has 132 valence electrons. The van der Waals surface area contributed by atoms with Gasteiger partial charge in [0, 0.05) is 12.6 Å². The van der Waals surface area contributed by atoms with E-state index in [1.165, 1.54) is 22.9 Å². The molecule has 2 aromatic rings. The lowest BCUT2D eigenvalue weighted by atomic mass is 9.92. The number of aromatic nitrogens is 1. The van der Waals surface area contributed by atoms with Crippen LogP contribution >= 0.6 is 23.4 Å². The second kappa shape index (κ2) is 8.72. The number of hydrogen-bond acceptors (Lipinski definition) is 4. The van der Waals surface area contributed by atoms with Crippen LogP contribution < -0.4 is 4.74 Å². The second-order valence-corrected chi connectivity index (χ2v) is 7.75. The van der Waals surface area contributed by atoms with Crippen molar-refractivity contribution in [1.82, 2.24) is 4.98 Å². The highest BCUT2D eigenvalue weighted by molar-refractivity contribution is 8.00. The van der Waals surface area contributed by atoms with Crippen molar-refractivity contribution in [2.45, 2.75) is 37.1 Å². The fourth-order valence-corrected chi connectivity index (χ4v) is 4.46. The van der Waals surface area contributed by atoms with Gasteiger partial charge in [0.05, 0.1) is 17.9 Å². The number of Topliss-reactive ketones (excluding diaryl/α,β-unsaturated/α-hetero) is 1. The van der Waals surface area contributed by atoms with E-state index < -0.39 is 0 Å². The van der Waals surface area contributed by atoms with Crippen molar-refractivity contribution in [2.75, 3.05) is 12.9 Å². The molecule has 3 nitrogen and oxygen atoms in total. The van der Waals surface area contributed by atoms with Gasteiger partial charge in [0.2, 0.25) is 0 Å². The zero-order valence-electron chi connectivity index (χ0n) is 14.3. The largest absolute Gasteiger partial charge is 0.496 e. The number of nitrogens with zero attached hydrogens (tertiary/aromatic N) is 1. The first-order valence-electron chi connectivity index (χ1n) is 8.57. The van der Waals surface area contributed by atoms with Crippen LogP contribution in [0.1, 0.15) is 30.4 Å². The van der Waals surface area contributed by atoms with Gasteiger partial charge in [-0.15, -0.1) is 0 Å². The lowest BCUT2D eigenvalue weighted by Crippen LogP contribution is -2.13. The Kier molecular flexibility index (Phi) is 6.38. The summed E-state index contributed by atoms with van der Waals surface area (Å²) in [4.78, 5) is 16.7. The van der Waals surface area contributed by atoms with E-state index in [-0.39, 0.29) is 5.78 Å². The molecule has 1 aliphatic carbocycles.